The molecule has 0 spiro atoms. The summed E-state index contributed by atoms with van der Waals surface area (Å²) in [5, 5.41) is 8.69. The maximum absolute atomic E-state index is 10.6. The number of hydrogen-bond acceptors (Lipinski definition) is 3. The first-order valence-corrected chi connectivity index (χ1v) is 4.79. The molecule has 1 heterocycles. The number of benzene rings is 1. The second-order valence-electron chi connectivity index (χ2n) is 3.42. The van der Waals surface area contributed by atoms with Gasteiger partial charge in [-0.25, -0.2) is 4.79 Å². The summed E-state index contributed by atoms with van der Waals surface area (Å²) in [6.45, 7) is 0.132. The van der Waals surface area contributed by atoms with Gasteiger partial charge in [-0.3, -0.25) is 0 Å². The lowest BCUT2D eigenvalue weighted by atomic mass is 10.1. The number of ether oxygens (including phenoxy) is 2. The first-order chi connectivity index (χ1) is 7.25. The lowest BCUT2D eigenvalue weighted by Crippen LogP contribution is -2.23. The maximum atomic E-state index is 10.6. The fourth-order valence-corrected chi connectivity index (χ4v) is 1.50. The zero-order chi connectivity index (χ0) is 10.7. The topological polar surface area (TPSA) is 55.8 Å². The molecule has 2 unspecified atom stereocenters. The van der Waals surface area contributed by atoms with Gasteiger partial charge in [-0.05, 0) is 5.56 Å². The molecule has 2 atom stereocenters. The molecule has 0 aliphatic carbocycles. The molecule has 1 aromatic carbocycles. The van der Waals surface area contributed by atoms with Crippen LogP contribution in [0.4, 0.5) is 0 Å². The normalized spacial score (nSPS) is 25.3. The molecule has 0 bridgehead atoms. The predicted octanol–water partition coefficient (Wildman–Crippen LogP) is 1.06. The van der Waals surface area contributed by atoms with Crippen molar-refractivity contribution in [2.45, 2.75) is 18.8 Å². The smallest absolute Gasteiger partial charge is 0.335 e. The summed E-state index contributed by atoms with van der Waals surface area (Å²) in [4.78, 5) is 10.6. The van der Waals surface area contributed by atoms with E-state index in [4.69, 9.17) is 14.6 Å². The average molecular weight is 208 g/mol. The van der Waals surface area contributed by atoms with E-state index in [1.165, 1.54) is 0 Å². The molecule has 1 aromatic rings. The van der Waals surface area contributed by atoms with Gasteiger partial charge in [0.05, 0.1) is 6.61 Å². The number of carboxylic acid groups (broad SMARTS) is 1. The highest BCUT2D eigenvalue weighted by Crippen LogP contribution is 2.16. The Morgan fingerprint density at radius 3 is 2.73 bits per heavy atom. The Labute approximate surface area is 87.4 Å². The molecule has 1 fully saturated rings. The van der Waals surface area contributed by atoms with Crippen LogP contribution in [0.3, 0.4) is 0 Å². The third-order valence-corrected chi connectivity index (χ3v) is 2.27. The molecule has 0 aromatic heterocycles. The van der Waals surface area contributed by atoms with Crippen molar-refractivity contribution in [1.82, 2.24) is 0 Å². The Hall–Kier alpha value is -1.39. The molecule has 15 heavy (non-hydrogen) atoms. The summed E-state index contributed by atoms with van der Waals surface area (Å²) >= 11 is 0. The van der Waals surface area contributed by atoms with Crippen LogP contribution in [-0.2, 0) is 20.7 Å². The molecule has 80 valence electrons. The third-order valence-electron chi connectivity index (χ3n) is 2.27. The minimum absolute atomic E-state index is 0.132. The number of hydrogen-bond donors (Lipinski definition) is 1. The van der Waals surface area contributed by atoms with Gasteiger partial charge in [-0.2, -0.15) is 0 Å². The summed E-state index contributed by atoms with van der Waals surface area (Å²) in [7, 11) is 0. The highest BCUT2D eigenvalue weighted by Gasteiger charge is 2.31. The highest BCUT2D eigenvalue weighted by atomic mass is 16.7. The number of aliphatic carboxylic acids is 1. The zero-order valence-corrected chi connectivity index (χ0v) is 8.13. The minimum atomic E-state index is -0.967. The van der Waals surface area contributed by atoms with Gasteiger partial charge in [0.25, 0.3) is 0 Å². The Kier molecular flexibility index (Phi) is 2.99. The first kappa shape index (κ1) is 10.1. The fourth-order valence-electron chi connectivity index (χ4n) is 1.50. The molecule has 4 nitrogen and oxygen atoms in total. The monoisotopic (exact) mass is 208 g/mol. The molecule has 1 aliphatic rings. The van der Waals surface area contributed by atoms with Gasteiger partial charge >= 0.3 is 5.97 Å². The lowest BCUT2D eigenvalue weighted by molar-refractivity contribution is -0.150. The van der Waals surface area contributed by atoms with Crippen molar-refractivity contribution in [1.29, 1.82) is 0 Å². The molecule has 0 radical (unpaired) electrons. The van der Waals surface area contributed by atoms with Gasteiger partial charge < -0.3 is 14.6 Å². The number of rotatable bonds is 3. The SMILES string of the molecule is O=C(O)C1COC(Cc2ccccc2)O1. The van der Waals surface area contributed by atoms with Gasteiger partial charge in [0.2, 0.25) is 0 Å². The molecule has 0 saturated carbocycles. The summed E-state index contributed by atoms with van der Waals surface area (Å²) in [6, 6.07) is 9.71. The van der Waals surface area contributed by atoms with E-state index in [-0.39, 0.29) is 6.61 Å². The largest absolute Gasteiger partial charge is 0.479 e. The first-order valence-electron chi connectivity index (χ1n) is 4.79. The van der Waals surface area contributed by atoms with Crippen LogP contribution >= 0.6 is 0 Å². The average Bonchev–Trinajstić information content (AvgIpc) is 2.68. The van der Waals surface area contributed by atoms with Crippen molar-refractivity contribution in [3.8, 4) is 0 Å². The Bertz CT molecular complexity index is 336. The Morgan fingerprint density at radius 1 is 1.40 bits per heavy atom. The van der Waals surface area contributed by atoms with Crippen LogP contribution < -0.4 is 0 Å². The van der Waals surface area contributed by atoms with Crippen LogP contribution in [0.15, 0.2) is 30.3 Å². The van der Waals surface area contributed by atoms with Crippen LogP contribution in [0, 0.1) is 0 Å². The van der Waals surface area contributed by atoms with E-state index in [0.29, 0.717) is 6.42 Å². The summed E-state index contributed by atoms with van der Waals surface area (Å²) < 4.78 is 10.4. The van der Waals surface area contributed by atoms with Crippen LogP contribution in [0.1, 0.15) is 5.56 Å². The molecule has 1 saturated heterocycles. The molecule has 2 rings (SSSR count). The second kappa shape index (κ2) is 4.42. The van der Waals surface area contributed by atoms with Gasteiger partial charge in [-0.1, -0.05) is 30.3 Å². The number of carboxylic acids is 1. The predicted molar refractivity (Wildman–Crippen MR) is 52.4 cm³/mol. The fraction of sp³-hybridized carbons (Fsp3) is 0.364. The van der Waals surface area contributed by atoms with Crippen LogP contribution in [0.25, 0.3) is 0 Å². The van der Waals surface area contributed by atoms with E-state index in [2.05, 4.69) is 0 Å². The molecule has 1 aliphatic heterocycles. The van der Waals surface area contributed by atoms with Gasteiger partial charge in [0.1, 0.15) is 0 Å². The van der Waals surface area contributed by atoms with Crippen molar-refractivity contribution in [2.75, 3.05) is 6.61 Å². The number of carbonyl (C=O) groups is 1. The van der Waals surface area contributed by atoms with Crippen molar-refractivity contribution in [3.05, 3.63) is 35.9 Å². The van der Waals surface area contributed by atoms with Crippen LogP contribution in [-0.4, -0.2) is 30.1 Å². The maximum Gasteiger partial charge on any atom is 0.335 e. The van der Waals surface area contributed by atoms with Gasteiger partial charge in [0.15, 0.2) is 12.4 Å². The zero-order valence-electron chi connectivity index (χ0n) is 8.13. The van der Waals surface area contributed by atoms with E-state index < -0.39 is 18.4 Å². The van der Waals surface area contributed by atoms with Crippen LogP contribution in [0.5, 0.6) is 0 Å². The molecule has 4 heteroatoms. The van der Waals surface area contributed by atoms with Crippen molar-refractivity contribution in [3.63, 3.8) is 0 Å². The standard InChI is InChI=1S/C11H12O4/c12-11(13)9-7-14-10(15-9)6-8-4-2-1-3-5-8/h1-5,9-10H,6-7H2,(H,12,13). The van der Waals surface area contributed by atoms with Crippen molar-refractivity contribution in [2.24, 2.45) is 0 Å². The summed E-state index contributed by atoms with van der Waals surface area (Å²) in [6.07, 6.45) is -0.669. The minimum Gasteiger partial charge on any atom is -0.479 e. The lowest BCUT2D eigenvalue weighted by Gasteiger charge is -2.09. The molecular weight excluding hydrogens is 196 g/mol. The van der Waals surface area contributed by atoms with Crippen LogP contribution in [0.2, 0.25) is 0 Å². The molecule has 1 N–H and O–H groups in total. The van der Waals surface area contributed by atoms with Gasteiger partial charge in [0, 0.05) is 6.42 Å². The highest BCUT2D eigenvalue weighted by molar-refractivity contribution is 5.72. The van der Waals surface area contributed by atoms with E-state index in [9.17, 15) is 4.79 Å². The van der Waals surface area contributed by atoms with Gasteiger partial charge in [-0.15, -0.1) is 0 Å². The molecular formula is C11H12O4. The van der Waals surface area contributed by atoms with E-state index in [1.54, 1.807) is 0 Å². The van der Waals surface area contributed by atoms with Crippen molar-refractivity contribution < 1.29 is 19.4 Å². The van der Waals surface area contributed by atoms with Crippen molar-refractivity contribution >= 4 is 5.97 Å². The van der Waals surface area contributed by atoms with E-state index in [1.807, 2.05) is 30.3 Å². The summed E-state index contributed by atoms with van der Waals surface area (Å²) in [5.74, 6) is -0.967. The summed E-state index contributed by atoms with van der Waals surface area (Å²) in [5.41, 5.74) is 1.08. The third kappa shape index (κ3) is 2.55. The Morgan fingerprint density at radius 2 is 2.13 bits per heavy atom. The quantitative estimate of drug-likeness (QED) is 0.806. The van der Waals surface area contributed by atoms with E-state index >= 15 is 0 Å². The van der Waals surface area contributed by atoms with E-state index in [0.717, 1.165) is 5.56 Å². The second-order valence-corrected chi connectivity index (χ2v) is 3.42. The molecule has 0 amide bonds. The Balaban J connectivity index is 1.90.